The number of nitrogens with one attached hydrogen (secondary N) is 1. The molecule has 1 unspecified atom stereocenters. The van der Waals surface area contributed by atoms with Gasteiger partial charge in [-0.2, -0.15) is 5.10 Å². The minimum Gasteiger partial charge on any atom is -0.493 e. The lowest BCUT2D eigenvalue weighted by Gasteiger charge is -2.21. The molecule has 2 aromatic rings. The fourth-order valence-corrected chi connectivity index (χ4v) is 2.30. The summed E-state index contributed by atoms with van der Waals surface area (Å²) >= 11 is 0. The van der Waals surface area contributed by atoms with Crippen LogP contribution in [0.25, 0.3) is 0 Å². The molecule has 0 saturated heterocycles. The average molecular weight is 274 g/mol. The van der Waals surface area contributed by atoms with Crippen LogP contribution in [0.2, 0.25) is 0 Å². The summed E-state index contributed by atoms with van der Waals surface area (Å²) in [5.74, 6) is 0.817. The first-order valence-electron chi connectivity index (χ1n) is 7.04. The van der Waals surface area contributed by atoms with Gasteiger partial charge in [0.25, 0.3) is 0 Å². The second kappa shape index (κ2) is 7.05. The van der Waals surface area contributed by atoms with E-state index < -0.39 is 0 Å². The monoisotopic (exact) mass is 274 g/mol. The Bertz CT molecular complexity index is 502. The van der Waals surface area contributed by atoms with Crippen LogP contribution in [0.5, 0.6) is 5.75 Å². The van der Waals surface area contributed by atoms with Crippen LogP contribution in [0.3, 0.4) is 0 Å². The Labute approximate surface area is 120 Å². The van der Waals surface area contributed by atoms with E-state index in [1.807, 2.05) is 29.2 Å². The van der Waals surface area contributed by atoms with Gasteiger partial charge in [-0.3, -0.25) is 9.67 Å². The van der Waals surface area contributed by atoms with E-state index in [0.717, 1.165) is 31.0 Å². The Morgan fingerprint density at radius 2 is 2.05 bits per heavy atom. The number of aromatic nitrogens is 3. The lowest BCUT2D eigenvalue weighted by Crippen LogP contribution is -2.26. The molecule has 0 amide bonds. The molecule has 1 N–H and O–H groups in total. The van der Waals surface area contributed by atoms with Crippen LogP contribution >= 0.6 is 0 Å². The van der Waals surface area contributed by atoms with E-state index in [-0.39, 0.29) is 6.04 Å². The summed E-state index contributed by atoms with van der Waals surface area (Å²) in [5.41, 5.74) is 2.23. The first kappa shape index (κ1) is 14.5. The van der Waals surface area contributed by atoms with E-state index in [9.17, 15) is 0 Å². The highest BCUT2D eigenvalue weighted by Gasteiger charge is 2.22. The van der Waals surface area contributed by atoms with E-state index in [1.165, 1.54) is 5.56 Å². The van der Waals surface area contributed by atoms with Crippen molar-refractivity contribution in [2.75, 3.05) is 13.7 Å². The molecule has 0 bridgehead atoms. The summed E-state index contributed by atoms with van der Waals surface area (Å²) in [7, 11) is 1.68. The van der Waals surface area contributed by atoms with Crippen LogP contribution in [-0.2, 0) is 6.54 Å². The highest BCUT2D eigenvalue weighted by atomic mass is 16.5. The Balaban J connectivity index is 2.43. The number of hydrogen-bond acceptors (Lipinski definition) is 4. The van der Waals surface area contributed by atoms with Crippen LogP contribution in [0.4, 0.5) is 0 Å². The summed E-state index contributed by atoms with van der Waals surface area (Å²) in [6.45, 7) is 5.99. The summed E-state index contributed by atoms with van der Waals surface area (Å²) in [5, 5.41) is 7.96. The van der Waals surface area contributed by atoms with Gasteiger partial charge < -0.3 is 10.1 Å². The van der Waals surface area contributed by atoms with E-state index in [0.29, 0.717) is 0 Å². The highest BCUT2D eigenvalue weighted by Crippen LogP contribution is 2.29. The van der Waals surface area contributed by atoms with Gasteiger partial charge in [0, 0.05) is 18.9 Å². The molecular weight excluding hydrogens is 252 g/mol. The third-order valence-corrected chi connectivity index (χ3v) is 3.28. The maximum atomic E-state index is 5.47. The summed E-state index contributed by atoms with van der Waals surface area (Å²) in [4.78, 5) is 4.09. The molecule has 2 heterocycles. The van der Waals surface area contributed by atoms with Crippen molar-refractivity contribution in [3.63, 3.8) is 0 Å². The Kier molecular flexibility index (Phi) is 5.12. The molecule has 5 heteroatoms. The SMILES string of the molecule is CCCNC(c1ccncc1)c1c(OC)cnn1CC. The van der Waals surface area contributed by atoms with E-state index in [1.54, 1.807) is 13.3 Å². The van der Waals surface area contributed by atoms with Crippen molar-refractivity contribution < 1.29 is 4.74 Å². The number of aryl methyl sites for hydroxylation is 1. The predicted octanol–water partition coefficient (Wildman–Crippen LogP) is 2.40. The predicted molar refractivity (Wildman–Crippen MR) is 78.8 cm³/mol. The third kappa shape index (κ3) is 2.99. The van der Waals surface area contributed by atoms with Crippen molar-refractivity contribution in [2.45, 2.75) is 32.9 Å². The topological polar surface area (TPSA) is 52.0 Å². The Morgan fingerprint density at radius 3 is 2.65 bits per heavy atom. The molecule has 0 aliphatic heterocycles. The van der Waals surface area contributed by atoms with Crippen molar-refractivity contribution in [1.29, 1.82) is 0 Å². The van der Waals surface area contributed by atoms with Gasteiger partial charge in [-0.25, -0.2) is 0 Å². The van der Waals surface area contributed by atoms with Gasteiger partial charge >= 0.3 is 0 Å². The van der Waals surface area contributed by atoms with Gasteiger partial charge in [-0.05, 0) is 37.6 Å². The fourth-order valence-electron chi connectivity index (χ4n) is 2.30. The highest BCUT2D eigenvalue weighted by molar-refractivity contribution is 5.35. The van der Waals surface area contributed by atoms with Gasteiger partial charge in [0.1, 0.15) is 5.69 Å². The second-order valence-electron chi connectivity index (χ2n) is 4.58. The number of nitrogens with zero attached hydrogens (tertiary/aromatic N) is 3. The Morgan fingerprint density at radius 1 is 1.30 bits per heavy atom. The molecule has 0 aliphatic rings. The van der Waals surface area contributed by atoms with Crippen LogP contribution in [0.1, 0.15) is 37.6 Å². The molecule has 5 nitrogen and oxygen atoms in total. The van der Waals surface area contributed by atoms with Crippen LogP contribution in [-0.4, -0.2) is 28.4 Å². The zero-order valence-electron chi connectivity index (χ0n) is 12.3. The number of hydrogen-bond donors (Lipinski definition) is 1. The molecule has 2 aromatic heterocycles. The minimum absolute atomic E-state index is 0.0651. The molecule has 1 atom stereocenters. The molecule has 0 fully saturated rings. The van der Waals surface area contributed by atoms with E-state index >= 15 is 0 Å². The van der Waals surface area contributed by atoms with Crippen molar-refractivity contribution in [1.82, 2.24) is 20.1 Å². The number of ether oxygens (including phenoxy) is 1. The first-order valence-corrected chi connectivity index (χ1v) is 7.04. The minimum atomic E-state index is 0.0651. The van der Waals surface area contributed by atoms with Crippen molar-refractivity contribution >= 4 is 0 Å². The van der Waals surface area contributed by atoms with Crippen LogP contribution in [0, 0.1) is 0 Å². The molecule has 0 radical (unpaired) electrons. The van der Waals surface area contributed by atoms with Gasteiger partial charge in [0.15, 0.2) is 5.75 Å². The van der Waals surface area contributed by atoms with E-state index in [4.69, 9.17) is 4.74 Å². The van der Waals surface area contributed by atoms with Gasteiger partial charge in [-0.1, -0.05) is 6.92 Å². The molecule has 0 spiro atoms. The number of rotatable bonds is 7. The Hall–Kier alpha value is -1.88. The lowest BCUT2D eigenvalue weighted by atomic mass is 10.0. The van der Waals surface area contributed by atoms with Crippen molar-refractivity contribution in [2.24, 2.45) is 0 Å². The average Bonchev–Trinajstić information content (AvgIpc) is 2.92. The quantitative estimate of drug-likeness (QED) is 0.842. The van der Waals surface area contributed by atoms with Gasteiger partial charge in [0.2, 0.25) is 0 Å². The fraction of sp³-hybridized carbons (Fsp3) is 0.467. The molecule has 0 aliphatic carbocycles. The van der Waals surface area contributed by atoms with Gasteiger partial charge in [0.05, 0.1) is 19.3 Å². The first-order chi connectivity index (χ1) is 9.81. The van der Waals surface area contributed by atoms with Crippen LogP contribution in [0.15, 0.2) is 30.7 Å². The third-order valence-electron chi connectivity index (χ3n) is 3.28. The van der Waals surface area contributed by atoms with Crippen molar-refractivity contribution in [3.8, 4) is 5.75 Å². The smallest absolute Gasteiger partial charge is 0.161 e. The molecule has 108 valence electrons. The molecule has 0 saturated carbocycles. The zero-order valence-corrected chi connectivity index (χ0v) is 12.3. The maximum absolute atomic E-state index is 5.47. The summed E-state index contributed by atoms with van der Waals surface area (Å²) in [6, 6.07) is 4.12. The largest absolute Gasteiger partial charge is 0.493 e. The second-order valence-corrected chi connectivity index (χ2v) is 4.58. The van der Waals surface area contributed by atoms with Gasteiger partial charge in [-0.15, -0.1) is 0 Å². The number of methoxy groups -OCH3 is 1. The molecule has 2 rings (SSSR count). The standard InChI is InChI=1S/C15H22N4O/c1-4-8-17-14(12-6-9-16-10-7-12)15-13(20-3)11-18-19(15)5-2/h6-7,9-11,14,17H,4-5,8H2,1-3H3. The summed E-state index contributed by atoms with van der Waals surface area (Å²) < 4.78 is 7.45. The normalized spacial score (nSPS) is 12.3. The number of pyridine rings is 1. The molecule has 20 heavy (non-hydrogen) atoms. The lowest BCUT2D eigenvalue weighted by molar-refractivity contribution is 0.398. The van der Waals surface area contributed by atoms with E-state index in [2.05, 4.69) is 29.2 Å². The zero-order chi connectivity index (χ0) is 14.4. The summed E-state index contributed by atoms with van der Waals surface area (Å²) in [6.07, 6.45) is 6.48. The maximum Gasteiger partial charge on any atom is 0.161 e. The van der Waals surface area contributed by atoms with Crippen LogP contribution < -0.4 is 10.1 Å². The molecule has 0 aromatic carbocycles. The molecular formula is C15H22N4O. The van der Waals surface area contributed by atoms with Crippen molar-refractivity contribution in [3.05, 3.63) is 42.0 Å².